The fraction of sp³-hybridized carbons (Fsp3) is 0.625. The average Bonchev–Trinajstić information content (AvgIpc) is 2.16. The lowest BCUT2D eigenvalue weighted by Crippen LogP contribution is -2.34. The number of guanidine groups is 1. The molecule has 15 heavy (non-hydrogen) atoms. The maximum Gasteiger partial charge on any atom is 0.209 e. The maximum absolute atomic E-state index is 8.27. The summed E-state index contributed by atoms with van der Waals surface area (Å²) < 4.78 is 0. The molecule has 0 aromatic heterocycles. The van der Waals surface area contributed by atoms with Gasteiger partial charge < -0.3 is 16.4 Å². The quantitative estimate of drug-likeness (QED) is 0.267. The molecule has 0 rings (SSSR count). The second-order valence-corrected chi connectivity index (χ2v) is 4.05. The van der Waals surface area contributed by atoms with E-state index in [1.165, 1.54) is 11.8 Å². The zero-order valence-electron chi connectivity index (χ0n) is 8.73. The summed E-state index contributed by atoms with van der Waals surface area (Å²) in [6.45, 7) is 0.746. The van der Waals surface area contributed by atoms with Crippen LogP contribution in [-0.4, -0.2) is 35.4 Å². The minimum atomic E-state index is 0.147. The van der Waals surface area contributed by atoms with Crippen molar-refractivity contribution in [1.29, 1.82) is 10.7 Å². The van der Waals surface area contributed by atoms with E-state index in [0.717, 1.165) is 25.1 Å². The predicted octanol–water partition coefficient (Wildman–Crippen LogP) is 0.121. The molecule has 0 unspecified atom stereocenters. The van der Waals surface area contributed by atoms with E-state index in [4.69, 9.17) is 22.1 Å². The Balaban J connectivity index is 3.56. The number of nitriles is 1. The monoisotopic (exact) mass is 228 g/mol. The van der Waals surface area contributed by atoms with Gasteiger partial charge in [-0.15, -0.1) is 4.99 Å². The van der Waals surface area contributed by atoms with Gasteiger partial charge in [0.25, 0.3) is 0 Å². The molecule has 0 heterocycles. The van der Waals surface area contributed by atoms with E-state index in [1.807, 2.05) is 0 Å². The molecule has 0 aromatic carbocycles. The van der Waals surface area contributed by atoms with Gasteiger partial charge in [0, 0.05) is 19.3 Å². The first-order chi connectivity index (χ1) is 7.07. The van der Waals surface area contributed by atoms with Crippen LogP contribution in [0.1, 0.15) is 12.8 Å². The predicted molar refractivity (Wildman–Crippen MR) is 63.5 cm³/mol. The SMILES string of the molecule is CN(CCCCSC(=N)N)C(N)=NC#N. The molecular formula is C8H16N6S. The molecule has 0 saturated heterocycles. The molecule has 0 saturated carbocycles. The standard InChI is InChI=1S/C8H16N6S/c1-14(8(12)13-6-9)4-2-3-5-15-7(10)11/h2-5H2,1H3,(H3,10,11)(H2,12,13). The van der Waals surface area contributed by atoms with E-state index in [9.17, 15) is 0 Å². The first-order valence-electron chi connectivity index (χ1n) is 4.48. The summed E-state index contributed by atoms with van der Waals surface area (Å²) >= 11 is 1.33. The van der Waals surface area contributed by atoms with Crippen LogP contribution in [0.25, 0.3) is 0 Å². The molecule has 7 heteroatoms. The number of hydrogen-bond donors (Lipinski definition) is 3. The number of nitrogens with zero attached hydrogens (tertiary/aromatic N) is 3. The van der Waals surface area contributed by atoms with Crippen LogP contribution in [0.15, 0.2) is 4.99 Å². The zero-order valence-corrected chi connectivity index (χ0v) is 9.55. The molecule has 0 amide bonds. The fourth-order valence-electron chi connectivity index (χ4n) is 0.884. The van der Waals surface area contributed by atoms with Gasteiger partial charge in [-0.3, -0.25) is 5.41 Å². The van der Waals surface area contributed by atoms with Gasteiger partial charge >= 0.3 is 0 Å². The lowest BCUT2D eigenvalue weighted by Gasteiger charge is -2.16. The third kappa shape index (κ3) is 7.64. The van der Waals surface area contributed by atoms with Gasteiger partial charge in [-0.25, -0.2) is 0 Å². The van der Waals surface area contributed by atoms with Crippen molar-refractivity contribution >= 4 is 22.9 Å². The third-order valence-electron chi connectivity index (χ3n) is 1.70. The Hall–Kier alpha value is -1.42. The van der Waals surface area contributed by atoms with E-state index >= 15 is 0 Å². The van der Waals surface area contributed by atoms with Crippen LogP contribution >= 0.6 is 11.8 Å². The van der Waals surface area contributed by atoms with E-state index in [2.05, 4.69) is 4.99 Å². The highest BCUT2D eigenvalue weighted by atomic mass is 32.2. The number of hydrogen-bond acceptors (Lipinski definition) is 4. The van der Waals surface area contributed by atoms with E-state index in [0.29, 0.717) is 0 Å². The van der Waals surface area contributed by atoms with Crippen molar-refractivity contribution < 1.29 is 0 Å². The Morgan fingerprint density at radius 3 is 2.73 bits per heavy atom. The molecule has 0 bridgehead atoms. The first kappa shape index (κ1) is 13.6. The maximum atomic E-state index is 8.27. The second kappa shape index (κ2) is 7.94. The van der Waals surface area contributed by atoms with Crippen LogP contribution in [0.5, 0.6) is 0 Å². The van der Waals surface area contributed by atoms with E-state index in [-0.39, 0.29) is 11.1 Å². The number of nitrogens with one attached hydrogen (secondary N) is 1. The number of rotatable bonds is 5. The number of nitrogens with two attached hydrogens (primary N) is 2. The first-order valence-corrected chi connectivity index (χ1v) is 5.46. The van der Waals surface area contributed by atoms with Crippen molar-refractivity contribution in [2.75, 3.05) is 19.3 Å². The topological polar surface area (TPSA) is 115 Å². The number of thioether (sulfide) groups is 1. The third-order valence-corrected chi connectivity index (χ3v) is 2.50. The molecule has 0 radical (unpaired) electrons. The van der Waals surface area contributed by atoms with E-state index < -0.39 is 0 Å². The van der Waals surface area contributed by atoms with Crippen molar-refractivity contribution in [1.82, 2.24) is 4.90 Å². The molecule has 84 valence electrons. The molecule has 0 aliphatic carbocycles. The van der Waals surface area contributed by atoms with Gasteiger partial charge in [-0.1, -0.05) is 11.8 Å². The molecule has 0 spiro atoms. The minimum absolute atomic E-state index is 0.147. The molecule has 5 N–H and O–H groups in total. The second-order valence-electron chi connectivity index (χ2n) is 2.91. The van der Waals surface area contributed by atoms with Gasteiger partial charge in [0.2, 0.25) is 12.2 Å². The summed E-state index contributed by atoms with van der Waals surface area (Å²) in [5, 5.41) is 15.4. The van der Waals surface area contributed by atoms with Gasteiger partial charge in [-0.2, -0.15) is 5.26 Å². The Morgan fingerprint density at radius 1 is 1.53 bits per heavy atom. The average molecular weight is 228 g/mol. The summed E-state index contributed by atoms with van der Waals surface area (Å²) in [5.41, 5.74) is 10.7. The minimum Gasteiger partial charge on any atom is -0.379 e. The normalized spacial score (nSPS) is 10.8. The highest BCUT2D eigenvalue weighted by molar-refractivity contribution is 8.13. The smallest absolute Gasteiger partial charge is 0.209 e. The molecule has 0 aliphatic heterocycles. The van der Waals surface area contributed by atoms with Crippen molar-refractivity contribution in [3.63, 3.8) is 0 Å². The lowest BCUT2D eigenvalue weighted by molar-refractivity contribution is 0.481. The largest absolute Gasteiger partial charge is 0.379 e. The van der Waals surface area contributed by atoms with Gasteiger partial charge in [0.05, 0.1) is 0 Å². The molecule has 0 aromatic rings. The lowest BCUT2D eigenvalue weighted by atomic mass is 10.3. The molecule has 6 nitrogen and oxygen atoms in total. The van der Waals surface area contributed by atoms with E-state index in [1.54, 1.807) is 18.1 Å². The number of unbranched alkanes of at least 4 members (excludes halogenated alkanes) is 1. The molecule has 0 fully saturated rings. The number of aliphatic imine (C=N–C) groups is 1. The van der Waals surface area contributed by atoms with Crippen molar-refractivity contribution in [2.24, 2.45) is 16.5 Å². The van der Waals surface area contributed by atoms with Crippen LogP contribution in [0.3, 0.4) is 0 Å². The molecular weight excluding hydrogens is 212 g/mol. The molecule has 0 aliphatic rings. The van der Waals surface area contributed by atoms with Crippen LogP contribution in [0.2, 0.25) is 0 Å². The molecule has 0 atom stereocenters. The van der Waals surface area contributed by atoms with Crippen molar-refractivity contribution in [2.45, 2.75) is 12.8 Å². The summed E-state index contributed by atoms with van der Waals surface area (Å²) in [4.78, 5) is 5.14. The Bertz CT molecular complexity index is 269. The summed E-state index contributed by atoms with van der Waals surface area (Å²) in [7, 11) is 1.79. The van der Waals surface area contributed by atoms with Gasteiger partial charge in [-0.05, 0) is 12.8 Å². The van der Waals surface area contributed by atoms with Crippen molar-refractivity contribution in [3.05, 3.63) is 0 Å². The summed E-state index contributed by atoms with van der Waals surface area (Å²) in [6.07, 6.45) is 3.52. The van der Waals surface area contributed by atoms with Crippen LogP contribution < -0.4 is 11.5 Å². The Morgan fingerprint density at radius 2 is 2.20 bits per heavy atom. The number of amidine groups is 1. The highest BCUT2D eigenvalue weighted by Gasteiger charge is 2.00. The summed E-state index contributed by atoms with van der Waals surface area (Å²) in [5.74, 6) is 1.06. The van der Waals surface area contributed by atoms with Gasteiger partial charge in [0.15, 0.2) is 5.17 Å². The highest BCUT2D eigenvalue weighted by Crippen LogP contribution is 2.03. The summed E-state index contributed by atoms with van der Waals surface area (Å²) in [6, 6.07) is 0. The van der Waals surface area contributed by atoms with Gasteiger partial charge in [0.1, 0.15) is 0 Å². The fourth-order valence-corrected chi connectivity index (χ4v) is 1.45. The zero-order chi connectivity index (χ0) is 11.7. The van der Waals surface area contributed by atoms with Crippen LogP contribution in [0, 0.1) is 16.9 Å². The van der Waals surface area contributed by atoms with Crippen LogP contribution in [-0.2, 0) is 0 Å². The Kier molecular flexibility index (Phi) is 7.18. The van der Waals surface area contributed by atoms with Crippen LogP contribution in [0.4, 0.5) is 0 Å². The Labute approximate surface area is 93.8 Å². The van der Waals surface area contributed by atoms with Crippen molar-refractivity contribution in [3.8, 4) is 6.19 Å².